The molecule has 98 valence electrons. The topological polar surface area (TPSA) is 72.5 Å². The first-order chi connectivity index (χ1) is 9.06. The minimum absolute atomic E-state index is 0.193. The lowest BCUT2D eigenvalue weighted by atomic mass is 10.1. The summed E-state index contributed by atoms with van der Waals surface area (Å²) < 4.78 is 15.5. The molecule has 3 aromatic heterocycles. The first-order valence-electron chi connectivity index (χ1n) is 5.96. The Balaban J connectivity index is 2.05. The maximum absolute atomic E-state index is 13.7. The molecule has 6 heteroatoms. The average Bonchev–Trinajstić information content (AvgIpc) is 2.86. The van der Waals surface area contributed by atoms with E-state index in [9.17, 15) is 4.39 Å². The summed E-state index contributed by atoms with van der Waals surface area (Å²) >= 11 is 0. The van der Waals surface area contributed by atoms with Gasteiger partial charge in [0, 0.05) is 36.3 Å². The quantitative estimate of drug-likeness (QED) is 0.690. The summed E-state index contributed by atoms with van der Waals surface area (Å²) in [6.07, 6.45) is 2.33. The van der Waals surface area contributed by atoms with Gasteiger partial charge in [0.2, 0.25) is 5.95 Å². The highest BCUT2D eigenvalue weighted by atomic mass is 19.1. The number of nitrogens with zero attached hydrogens (tertiary/aromatic N) is 3. The number of nitrogens with one attached hydrogen (secondary N) is 1. The zero-order chi connectivity index (χ0) is 13.6. The summed E-state index contributed by atoms with van der Waals surface area (Å²) in [5.74, 6) is -0.325. The van der Waals surface area contributed by atoms with Crippen molar-refractivity contribution in [2.24, 2.45) is 7.05 Å². The molecule has 0 aliphatic carbocycles. The number of aromatic amines is 1. The van der Waals surface area contributed by atoms with Crippen molar-refractivity contribution in [3.8, 4) is 0 Å². The molecule has 3 N–H and O–H groups in total. The molecule has 3 heterocycles. The van der Waals surface area contributed by atoms with Gasteiger partial charge in [-0.15, -0.1) is 0 Å². The molecule has 0 atom stereocenters. The van der Waals surface area contributed by atoms with E-state index in [0.29, 0.717) is 12.0 Å². The van der Waals surface area contributed by atoms with E-state index in [-0.39, 0.29) is 5.82 Å². The summed E-state index contributed by atoms with van der Waals surface area (Å²) in [5, 5.41) is 5.38. The number of nitrogens with two attached hydrogens (primary N) is 1. The molecule has 19 heavy (non-hydrogen) atoms. The molecule has 0 unspecified atom stereocenters. The van der Waals surface area contributed by atoms with Gasteiger partial charge in [0.25, 0.3) is 0 Å². The van der Waals surface area contributed by atoms with Crippen molar-refractivity contribution in [3.05, 3.63) is 41.1 Å². The predicted molar refractivity (Wildman–Crippen MR) is 71.2 cm³/mol. The Morgan fingerprint density at radius 1 is 1.37 bits per heavy atom. The van der Waals surface area contributed by atoms with Crippen molar-refractivity contribution in [3.63, 3.8) is 0 Å². The van der Waals surface area contributed by atoms with Gasteiger partial charge in [-0.05, 0) is 18.6 Å². The van der Waals surface area contributed by atoms with E-state index >= 15 is 0 Å². The first-order valence-corrected chi connectivity index (χ1v) is 5.96. The van der Waals surface area contributed by atoms with Gasteiger partial charge in [-0.25, -0.2) is 4.98 Å². The molecule has 0 saturated heterocycles. The van der Waals surface area contributed by atoms with E-state index in [1.165, 1.54) is 0 Å². The Morgan fingerprint density at radius 3 is 2.89 bits per heavy atom. The number of fused-ring (bicyclic) bond motifs is 1. The van der Waals surface area contributed by atoms with Crippen LogP contribution in [-0.2, 0) is 13.5 Å². The minimum atomic E-state index is -0.518. The van der Waals surface area contributed by atoms with E-state index in [2.05, 4.69) is 15.1 Å². The lowest BCUT2D eigenvalue weighted by molar-refractivity contribution is 0.572. The zero-order valence-corrected chi connectivity index (χ0v) is 10.7. The smallest absolute Gasteiger partial charge is 0.218 e. The van der Waals surface area contributed by atoms with Crippen LogP contribution in [0.5, 0.6) is 0 Å². The number of aryl methyl sites for hydroxylation is 2. The Bertz CT molecular complexity index is 756. The molecular weight excluding hydrogens is 245 g/mol. The van der Waals surface area contributed by atoms with Gasteiger partial charge in [0.1, 0.15) is 5.82 Å². The van der Waals surface area contributed by atoms with Crippen LogP contribution < -0.4 is 5.73 Å². The third-order valence-electron chi connectivity index (χ3n) is 3.37. The van der Waals surface area contributed by atoms with E-state index in [0.717, 1.165) is 22.3 Å². The number of aromatic nitrogens is 4. The van der Waals surface area contributed by atoms with Crippen molar-refractivity contribution >= 4 is 16.9 Å². The van der Waals surface area contributed by atoms with Crippen LogP contribution in [-0.4, -0.2) is 19.7 Å². The van der Waals surface area contributed by atoms with Gasteiger partial charge in [-0.2, -0.15) is 9.49 Å². The highest BCUT2D eigenvalue weighted by Gasteiger charge is 2.14. The highest BCUT2D eigenvalue weighted by Crippen LogP contribution is 2.24. The molecule has 0 spiro atoms. The fourth-order valence-electron chi connectivity index (χ4n) is 2.27. The van der Waals surface area contributed by atoms with E-state index in [1.807, 2.05) is 24.9 Å². The molecule has 0 aliphatic rings. The molecule has 0 saturated carbocycles. The maximum Gasteiger partial charge on any atom is 0.218 e. The number of hydrogen-bond acceptors (Lipinski definition) is 3. The Labute approximate surface area is 109 Å². The Morgan fingerprint density at radius 2 is 2.16 bits per heavy atom. The SMILES string of the molecule is Cc1c2c(Cc3ccc(N)nc3F)c[nH]c2nn1C. The molecule has 0 amide bonds. The Hall–Kier alpha value is -2.37. The predicted octanol–water partition coefficient (Wildman–Crippen LogP) is 1.92. The standard InChI is InChI=1S/C13H14FN5/c1-7-11-9(6-16-13(11)18-19(7)2)5-8-3-4-10(15)17-12(8)14/h3-4,6H,5H2,1-2H3,(H2,15,17)(H,16,18). The van der Waals surface area contributed by atoms with Gasteiger partial charge >= 0.3 is 0 Å². The van der Waals surface area contributed by atoms with Crippen molar-refractivity contribution < 1.29 is 4.39 Å². The van der Waals surface area contributed by atoms with Gasteiger partial charge in [0.05, 0.1) is 0 Å². The third-order valence-corrected chi connectivity index (χ3v) is 3.37. The largest absolute Gasteiger partial charge is 0.384 e. The summed E-state index contributed by atoms with van der Waals surface area (Å²) in [6.45, 7) is 1.99. The van der Waals surface area contributed by atoms with E-state index in [1.54, 1.807) is 12.1 Å². The fraction of sp³-hybridized carbons (Fsp3) is 0.231. The lowest BCUT2D eigenvalue weighted by Gasteiger charge is -2.03. The van der Waals surface area contributed by atoms with Crippen molar-refractivity contribution in [2.75, 3.05) is 5.73 Å². The molecule has 0 bridgehead atoms. The summed E-state index contributed by atoms with van der Waals surface area (Å²) in [7, 11) is 1.89. The number of rotatable bonds is 2. The Kier molecular flexibility index (Phi) is 2.51. The number of H-pyrrole nitrogens is 1. The average molecular weight is 259 g/mol. The number of nitrogen functional groups attached to an aromatic ring is 1. The maximum atomic E-state index is 13.7. The molecule has 0 aromatic carbocycles. The lowest BCUT2D eigenvalue weighted by Crippen LogP contribution is -1.99. The van der Waals surface area contributed by atoms with Crippen molar-refractivity contribution in [1.29, 1.82) is 0 Å². The summed E-state index contributed by atoms with van der Waals surface area (Å²) in [5.41, 5.74) is 8.85. The van der Waals surface area contributed by atoms with Gasteiger partial charge < -0.3 is 10.7 Å². The fourth-order valence-corrected chi connectivity index (χ4v) is 2.27. The zero-order valence-electron chi connectivity index (χ0n) is 10.7. The van der Waals surface area contributed by atoms with Crippen LogP contribution in [0.15, 0.2) is 18.3 Å². The van der Waals surface area contributed by atoms with Crippen LogP contribution in [0.3, 0.4) is 0 Å². The van der Waals surface area contributed by atoms with Crippen LogP contribution in [0, 0.1) is 12.9 Å². The van der Waals surface area contributed by atoms with Crippen LogP contribution in [0.25, 0.3) is 11.0 Å². The van der Waals surface area contributed by atoms with Gasteiger partial charge in [-0.3, -0.25) is 4.68 Å². The molecule has 0 aliphatic heterocycles. The van der Waals surface area contributed by atoms with Crippen LogP contribution in [0.4, 0.5) is 10.2 Å². The van der Waals surface area contributed by atoms with Gasteiger partial charge in [-0.1, -0.05) is 6.07 Å². The van der Waals surface area contributed by atoms with E-state index < -0.39 is 5.95 Å². The molecular formula is C13H14FN5. The molecule has 3 rings (SSSR count). The normalized spacial score (nSPS) is 11.3. The van der Waals surface area contributed by atoms with Crippen LogP contribution in [0.1, 0.15) is 16.8 Å². The van der Waals surface area contributed by atoms with Crippen molar-refractivity contribution in [2.45, 2.75) is 13.3 Å². The monoisotopic (exact) mass is 259 g/mol. The van der Waals surface area contributed by atoms with Crippen LogP contribution >= 0.6 is 0 Å². The van der Waals surface area contributed by atoms with Gasteiger partial charge in [0.15, 0.2) is 5.65 Å². The number of anilines is 1. The first kappa shape index (κ1) is 11.7. The summed E-state index contributed by atoms with van der Waals surface area (Å²) in [4.78, 5) is 6.74. The second kappa shape index (κ2) is 4.08. The summed E-state index contributed by atoms with van der Waals surface area (Å²) in [6, 6.07) is 3.28. The van der Waals surface area contributed by atoms with E-state index in [4.69, 9.17) is 5.73 Å². The highest BCUT2D eigenvalue weighted by molar-refractivity contribution is 5.83. The molecule has 0 radical (unpaired) electrons. The second-order valence-corrected chi connectivity index (χ2v) is 4.61. The molecule has 5 nitrogen and oxygen atoms in total. The number of halogens is 1. The minimum Gasteiger partial charge on any atom is -0.384 e. The number of hydrogen-bond donors (Lipinski definition) is 2. The second-order valence-electron chi connectivity index (χ2n) is 4.61. The number of pyridine rings is 1. The van der Waals surface area contributed by atoms with Crippen LogP contribution in [0.2, 0.25) is 0 Å². The third kappa shape index (κ3) is 1.85. The van der Waals surface area contributed by atoms with Crippen molar-refractivity contribution in [1.82, 2.24) is 19.7 Å². The molecule has 0 fully saturated rings. The molecule has 3 aromatic rings.